The van der Waals surface area contributed by atoms with Crippen molar-refractivity contribution in [2.75, 3.05) is 5.88 Å². The first-order valence-electron chi connectivity index (χ1n) is 8.12. The lowest BCUT2D eigenvalue weighted by Crippen LogP contribution is -2.30. The first-order chi connectivity index (χ1) is 8.88. The fraction of sp³-hybridized carbons (Fsp3) is 0.882. The molecule has 0 aromatic carbocycles. The van der Waals surface area contributed by atoms with Crippen molar-refractivity contribution in [2.24, 2.45) is 41.4 Å². The predicted molar refractivity (Wildman–Crippen MR) is 76.6 cm³/mol. The van der Waals surface area contributed by atoms with Gasteiger partial charge in [-0.3, -0.25) is 0 Å². The van der Waals surface area contributed by atoms with Gasteiger partial charge in [-0.05, 0) is 67.1 Å². The molecule has 0 radical (unpaired) electrons. The molecule has 3 fully saturated rings. The number of rotatable bonds is 5. The van der Waals surface area contributed by atoms with Crippen LogP contribution in [-0.4, -0.2) is 5.88 Å². The zero-order valence-corrected chi connectivity index (χ0v) is 12.0. The highest BCUT2D eigenvalue weighted by atomic mass is 35.5. The zero-order valence-electron chi connectivity index (χ0n) is 11.2. The number of allylic oxidation sites excluding steroid dienone is 2. The van der Waals surface area contributed by atoms with Gasteiger partial charge < -0.3 is 0 Å². The minimum Gasteiger partial charge on any atom is -0.127 e. The van der Waals surface area contributed by atoms with Gasteiger partial charge in [-0.2, -0.15) is 0 Å². The van der Waals surface area contributed by atoms with Crippen LogP contribution >= 0.6 is 11.6 Å². The van der Waals surface area contributed by atoms with Gasteiger partial charge in [0.2, 0.25) is 0 Å². The second kappa shape index (κ2) is 4.54. The maximum absolute atomic E-state index is 5.77. The normalized spacial score (nSPS) is 51.3. The summed E-state index contributed by atoms with van der Waals surface area (Å²) in [6, 6.07) is 0. The van der Waals surface area contributed by atoms with E-state index in [1.165, 1.54) is 32.1 Å². The molecule has 0 N–H and O–H groups in total. The lowest BCUT2D eigenvalue weighted by atomic mass is 9.68. The minimum absolute atomic E-state index is 0.857. The quantitative estimate of drug-likeness (QED) is 0.287. The Balaban J connectivity index is 1.38. The molecule has 0 spiro atoms. The van der Waals surface area contributed by atoms with Gasteiger partial charge in [-0.15, -0.1) is 11.6 Å². The van der Waals surface area contributed by atoms with Gasteiger partial charge in [0, 0.05) is 5.88 Å². The van der Waals surface area contributed by atoms with Crippen LogP contribution in [0.4, 0.5) is 0 Å². The van der Waals surface area contributed by atoms with Crippen LogP contribution in [-0.2, 0) is 0 Å². The van der Waals surface area contributed by atoms with Gasteiger partial charge in [0.15, 0.2) is 0 Å². The molecule has 1 heteroatoms. The number of unbranched alkanes of at least 4 members (excludes halogenated alkanes) is 2. The fourth-order valence-electron chi connectivity index (χ4n) is 6.16. The highest BCUT2D eigenvalue weighted by Gasteiger charge is 2.60. The second-order valence-corrected chi connectivity index (χ2v) is 7.67. The number of alkyl halides is 1. The Morgan fingerprint density at radius 2 is 1.72 bits per heavy atom. The van der Waals surface area contributed by atoms with Crippen molar-refractivity contribution in [2.45, 2.75) is 44.9 Å². The Bertz CT molecular complexity index is 348. The molecule has 100 valence electrons. The molecule has 0 nitrogen and oxygen atoms in total. The lowest BCUT2D eigenvalue weighted by Gasteiger charge is -2.36. The monoisotopic (exact) mass is 264 g/mol. The molecule has 4 rings (SSSR count). The van der Waals surface area contributed by atoms with Crippen molar-refractivity contribution >= 4 is 11.6 Å². The Kier molecular flexibility index (Phi) is 2.99. The van der Waals surface area contributed by atoms with E-state index < -0.39 is 0 Å². The highest BCUT2D eigenvalue weighted by molar-refractivity contribution is 6.17. The number of fused-ring (bicyclic) bond motifs is 9. The molecule has 0 aliphatic heterocycles. The third kappa shape index (κ3) is 1.64. The minimum atomic E-state index is 0.857. The summed E-state index contributed by atoms with van der Waals surface area (Å²) in [5.74, 6) is 8.36. The van der Waals surface area contributed by atoms with Gasteiger partial charge in [0.25, 0.3) is 0 Å². The predicted octanol–water partition coefficient (Wildman–Crippen LogP) is 4.88. The van der Waals surface area contributed by atoms with Crippen LogP contribution in [0.3, 0.4) is 0 Å². The van der Waals surface area contributed by atoms with Crippen LogP contribution < -0.4 is 0 Å². The molecule has 4 aliphatic carbocycles. The summed E-state index contributed by atoms with van der Waals surface area (Å²) < 4.78 is 0. The molecule has 4 aliphatic rings. The molecule has 0 amide bonds. The van der Waals surface area contributed by atoms with Gasteiger partial charge >= 0.3 is 0 Å². The van der Waals surface area contributed by atoms with E-state index in [1.807, 2.05) is 0 Å². The Morgan fingerprint density at radius 1 is 0.889 bits per heavy atom. The third-order valence-corrected chi connectivity index (χ3v) is 6.88. The second-order valence-electron chi connectivity index (χ2n) is 7.30. The standard InChI is InChI=1S/C17H25Cl/c18-7-3-1-2-4-11-8-14-10-15(11)17-13-6-5-12(9-13)16(14)17/h5-6,11-17H,1-4,7-10H2. The van der Waals surface area contributed by atoms with Crippen molar-refractivity contribution in [3.05, 3.63) is 12.2 Å². The Labute approximate surface area is 116 Å². The zero-order chi connectivity index (χ0) is 12.1. The summed E-state index contributed by atoms with van der Waals surface area (Å²) in [6.45, 7) is 0. The summed E-state index contributed by atoms with van der Waals surface area (Å²) in [7, 11) is 0. The average Bonchev–Trinajstić information content (AvgIpc) is 3.10. The van der Waals surface area contributed by atoms with Crippen molar-refractivity contribution in [1.82, 2.24) is 0 Å². The van der Waals surface area contributed by atoms with Crippen molar-refractivity contribution < 1.29 is 0 Å². The smallest absolute Gasteiger partial charge is 0.0223 e. The van der Waals surface area contributed by atoms with Crippen molar-refractivity contribution in [3.8, 4) is 0 Å². The Morgan fingerprint density at radius 3 is 2.56 bits per heavy atom. The summed E-state index contributed by atoms with van der Waals surface area (Å²) in [6.07, 6.45) is 15.3. The van der Waals surface area contributed by atoms with E-state index in [-0.39, 0.29) is 0 Å². The van der Waals surface area contributed by atoms with E-state index in [9.17, 15) is 0 Å². The summed E-state index contributed by atoms with van der Waals surface area (Å²) in [5, 5.41) is 0. The summed E-state index contributed by atoms with van der Waals surface area (Å²) in [4.78, 5) is 0. The molecule has 0 heterocycles. The summed E-state index contributed by atoms with van der Waals surface area (Å²) >= 11 is 5.77. The third-order valence-electron chi connectivity index (χ3n) is 6.62. The maximum Gasteiger partial charge on any atom is 0.0223 e. The largest absolute Gasteiger partial charge is 0.127 e. The van der Waals surface area contributed by atoms with Crippen LogP contribution in [0.5, 0.6) is 0 Å². The molecule has 18 heavy (non-hydrogen) atoms. The van der Waals surface area contributed by atoms with E-state index in [0.717, 1.165) is 47.3 Å². The van der Waals surface area contributed by atoms with E-state index in [2.05, 4.69) is 12.2 Å². The Hall–Kier alpha value is 0.0300. The van der Waals surface area contributed by atoms with Gasteiger partial charge in [0.05, 0.1) is 0 Å². The molecular weight excluding hydrogens is 240 g/mol. The van der Waals surface area contributed by atoms with Crippen LogP contribution in [0.2, 0.25) is 0 Å². The first-order valence-corrected chi connectivity index (χ1v) is 8.66. The molecule has 7 unspecified atom stereocenters. The first kappa shape index (κ1) is 11.8. The maximum atomic E-state index is 5.77. The topological polar surface area (TPSA) is 0 Å². The molecule has 0 aromatic heterocycles. The number of hydrogen-bond acceptors (Lipinski definition) is 0. The van der Waals surface area contributed by atoms with E-state index in [4.69, 9.17) is 11.6 Å². The SMILES string of the molecule is ClCCCCCC1CC2CC1C1C3C=CC(C3)C21. The van der Waals surface area contributed by atoms with Crippen LogP contribution in [0.25, 0.3) is 0 Å². The summed E-state index contributed by atoms with van der Waals surface area (Å²) in [5.41, 5.74) is 0. The highest BCUT2D eigenvalue weighted by Crippen LogP contribution is 2.67. The van der Waals surface area contributed by atoms with Crippen molar-refractivity contribution in [3.63, 3.8) is 0 Å². The number of hydrogen-bond donors (Lipinski definition) is 0. The number of halogens is 1. The van der Waals surface area contributed by atoms with Gasteiger partial charge in [-0.25, -0.2) is 0 Å². The fourth-order valence-corrected chi connectivity index (χ4v) is 6.35. The molecule has 0 aromatic rings. The van der Waals surface area contributed by atoms with Gasteiger partial charge in [0.1, 0.15) is 0 Å². The van der Waals surface area contributed by atoms with Crippen molar-refractivity contribution in [1.29, 1.82) is 0 Å². The van der Waals surface area contributed by atoms with E-state index in [1.54, 1.807) is 12.8 Å². The molecule has 7 atom stereocenters. The molecule has 4 bridgehead atoms. The molecule has 3 saturated carbocycles. The lowest BCUT2D eigenvalue weighted by molar-refractivity contribution is 0.142. The van der Waals surface area contributed by atoms with Crippen LogP contribution in [0, 0.1) is 41.4 Å². The van der Waals surface area contributed by atoms with Gasteiger partial charge in [-0.1, -0.05) is 31.4 Å². The van der Waals surface area contributed by atoms with E-state index in [0.29, 0.717) is 0 Å². The molecular formula is C17H25Cl. The average molecular weight is 265 g/mol. The molecule has 0 saturated heterocycles. The van der Waals surface area contributed by atoms with Crippen LogP contribution in [0.1, 0.15) is 44.9 Å². The van der Waals surface area contributed by atoms with E-state index >= 15 is 0 Å². The van der Waals surface area contributed by atoms with Crippen LogP contribution in [0.15, 0.2) is 12.2 Å².